The van der Waals surface area contributed by atoms with Gasteiger partial charge in [-0.15, -0.1) is 0 Å². The highest BCUT2D eigenvalue weighted by Crippen LogP contribution is 2.67. The maximum absolute atomic E-state index is 11.0. The standard InChI is InChI=1S/C21H34O2/c1-13-11-14-12-15(22)5-8-19(14,2)16-6-9-20(3)17(18(13)16)7-10-21(20,4)23/h11,13,15-18,22-23H,5-10,12H2,1-4H3/t13-,15?,16+,17+,18-,19+,20+,21+/m1/s1. The summed E-state index contributed by atoms with van der Waals surface area (Å²) in [6.07, 6.45) is 9.98. The molecule has 0 bridgehead atoms. The van der Waals surface area contributed by atoms with Crippen molar-refractivity contribution in [3.8, 4) is 0 Å². The molecule has 2 N–H and O–H groups in total. The minimum atomic E-state index is -0.490. The molecule has 0 aromatic carbocycles. The van der Waals surface area contributed by atoms with Crippen molar-refractivity contribution in [1.29, 1.82) is 0 Å². The topological polar surface area (TPSA) is 40.5 Å². The van der Waals surface area contributed by atoms with Gasteiger partial charge in [0.15, 0.2) is 0 Å². The molecule has 2 nitrogen and oxygen atoms in total. The predicted molar refractivity (Wildman–Crippen MR) is 92.9 cm³/mol. The first-order valence-electron chi connectivity index (χ1n) is 9.81. The van der Waals surface area contributed by atoms with Crippen LogP contribution in [0.3, 0.4) is 0 Å². The Morgan fingerprint density at radius 1 is 1.00 bits per heavy atom. The first-order chi connectivity index (χ1) is 10.7. The molecule has 8 atom stereocenters. The maximum Gasteiger partial charge on any atom is 0.0675 e. The first-order valence-corrected chi connectivity index (χ1v) is 9.81. The Kier molecular flexibility index (Phi) is 3.40. The van der Waals surface area contributed by atoms with Crippen molar-refractivity contribution in [3.05, 3.63) is 11.6 Å². The van der Waals surface area contributed by atoms with Gasteiger partial charge in [0.25, 0.3) is 0 Å². The second-order valence-electron chi connectivity index (χ2n) is 9.92. The van der Waals surface area contributed by atoms with E-state index in [1.165, 1.54) is 19.3 Å². The monoisotopic (exact) mass is 318 g/mol. The summed E-state index contributed by atoms with van der Waals surface area (Å²) in [7, 11) is 0. The zero-order valence-corrected chi connectivity index (χ0v) is 15.3. The fourth-order valence-electron chi connectivity index (χ4n) is 7.24. The van der Waals surface area contributed by atoms with Gasteiger partial charge in [0.1, 0.15) is 0 Å². The van der Waals surface area contributed by atoms with Crippen LogP contribution in [0.25, 0.3) is 0 Å². The van der Waals surface area contributed by atoms with Gasteiger partial charge in [0, 0.05) is 0 Å². The minimum Gasteiger partial charge on any atom is -0.393 e. The third-order valence-corrected chi connectivity index (χ3v) is 8.97. The Labute approximate surface area is 141 Å². The summed E-state index contributed by atoms with van der Waals surface area (Å²) in [4.78, 5) is 0. The smallest absolute Gasteiger partial charge is 0.0675 e. The van der Waals surface area contributed by atoms with E-state index in [1.807, 2.05) is 0 Å². The average molecular weight is 319 g/mol. The molecule has 0 aliphatic heterocycles. The van der Waals surface area contributed by atoms with Crippen LogP contribution in [0.2, 0.25) is 0 Å². The Hall–Kier alpha value is -0.340. The van der Waals surface area contributed by atoms with E-state index in [2.05, 4.69) is 33.8 Å². The minimum absolute atomic E-state index is 0.0955. The van der Waals surface area contributed by atoms with Gasteiger partial charge in [0.05, 0.1) is 11.7 Å². The molecule has 0 radical (unpaired) electrons. The van der Waals surface area contributed by atoms with Gasteiger partial charge in [-0.05, 0) is 86.4 Å². The van der Waals surface area contributed by atoms with Crippen LogP contribution in [0.15, 0.2) is 11.6 Å². The maximum atomic E-state index is 11.0. The largest absolute Gasteiger partial charge is 0.393 e. The number of aliphatic hydroxyl groups is 2. The third-order valence-electron chi connectivity index (χ3n) is 8.97. The lowest BCUT2D eigenvalue weighted by Gasteiger charge is -2.60. The highest BCUT2D eigenvalue weighted by atomic mass is 16.3. The Morgan fingerprint density at radius 2 is 1.70 bits per heavy atom. The van der Waals surface area contributed by atoms with Gasteiger partial charge < -0.3 is 10.2 Å². The van der Waals surface area contributed by atoms with Crippen molar-refractivity contribution < 1.29 is 10.2 Å². The number of hydrogen-bond donors (Lipinski definition) is 2. The van der Waals surface area contributed by atoms with E-state index in [0.717, 1.165) is 31.6 Å². The average Bonchev–Trinajstić information content (AvgIpc) is 2.72. The van der Waals surface area contributed by atoms with Crippen LogP contribution in [0.4, 0.5) is 0 Å². The highest BCUT2D eigenvalue weighted by Gasteiger charge is 2.63. The molecule has 0 amide bonds. The second kappa shape index (κ2) is 4.85. The molecule has 23 heavy (non-hydrogen) atoms. The molecule has 4 aliphatic rings. The van der Waals surface area contributed by atoms with Crippen molar-refractivity contribution in [2.45, 2.75) is 84.3 Å². The molecule has 3 fully saturated rings. The van der Waals surface area contributed by atoms with E-state index in [1.54, 1.807) is 5.57 Å². The lowest BCUT2D eigenvalue weighted by atomic mass is 9.45. The number of hydrogen-bond acceptors (Lipinski definition) is 2. The van der Waals surface area contributed by atoms with Crippen molar-refractivity contribution >= 4 is 0 Å². The van der Waals surface area contributed by atoms with Crippen LogP contribution in [-0.2, 0) is 0 Å². The SMILES string of the molecule is C[C@@H]1C=C2CC(O)CC[C@]2(C)[C@H]2CC[C@@]3(C)[C@@H](CC[C@]3(C)O)[C@H]12. The number of allylic oxidation sites excluding steroid dienone is 1. The van der Waals surface area contributed by atoms with Crippen molar-refractivity contribution in [2.24, 2.45) is 34.5 Å². The summed E-state index contributed by atoms with van der Waals surface area (Å²) in [5.74, 6) is 2.71. The zero-order chi connectivity index (χ0) is 16.6. The number of rotatable bonds is 0. The van der Waals surface area contributed by atoms with E-state index >= 15 is 0 Å². The van der Waals surface area contributed by atoms with Gasteiger partial charge in [-0.2, -0.15) is 0 Å². The molecular formula is C21H34O2. The molecule has 4 rings (SSSR count). The van der Waals surface area contributed by atoms with Crippen LogP contribution in [-0.4, -0.2) is 21.9 Å². The second-order valence-corrected chi connectivity index (χ2v) is 9.92. The van der Waals surface area contributed by atoms with E-state index in [0.29, 0.717) is 23.2 Å². The lowest BCUT2D eigenvalue weighted by Crippen LogP contribution is -2.55. The van der Waals surface area contributed by atoms with Crippen LogP contribution in [0.5, 0.6) is 0 Å². The van der Waals surface area contributed by atoms with Crippen molar-refractivity contribution in [1.82, 2.24) is 0 Å². The quantitative estimate of drug-likeness (QED) is 0.654. The summed E-state index contributed by atoms with van der Waals surface area (Å²) in [6.45, 7) is 9.31. The summed E-state index contributed by atoms with van der Waals surface area (Å²) in [5, 5.41) is 21.1. The number of aliphatic hydroxyl groups excluding tert-OH is 1. The van der Waals surface area contributed by atoms with Gasteiger partial charge in [0.2, 0.25) is 0 Å². The zero-order valence-electron chi connectivity index (χ0n) is 15.3. The fraction of sp³-hybridized carbons (Fsp3) is 0.905. The summed E-state index contributed by atoms with van der Waals surface area (Å²) < 4.78 is 0. The Morgan fingerprint density at radius 3 is 2.43 bits per heavy atom. The molecule has 130 valence electrons. The fourth-order valence-corrected chi connectivity index (χ4v) is 7.24. The van der Waals surface area contributed by atoms with E-state index in [9.17, 15) is 10.2 Å². The summed E-state index contributed by atoms with van der Waals surface area (Å²) in [5.41, 5.74) is 1.44. The first kappa shape index (κ1) is 16.1. The summed E-state index contributed by atoms with van der Waals surface area (Å²) in [6, 6.07) is 0. The molecule has 2 heteroatoms. The van der Waals surface area contributed by atoms with Crippen molar-refractivity contribution in [2.75, 3.05) is 0 Å². The molecule has 0 saturated heterocycles. The lowest BCUT2D eigenvalue weighted by molar-refractivity contribution is -0.124. The van der Waals surface area contributed by atoms with Crippen LogP contribution >= 0.6 is 0 Å². The van der Waals surface area contributed by atoms with Crippen LogP contribution in [0.1, 0.15) is 72.6 Å². The molecule has 1 unspecified atom stereocenters. The number of fused-ring (bicyclic) bond motifs is 5. The molecule has 4 aliphatic carbocycles. The van der Waals surface area contributed by atoms with Crippen molar-refractivity contribution in [3.63, 3.8) is 0 Å². The van der Waals surface area contributed by atoms with E-state index < -0.39 is 5.60 Å². The molecular weight excluding hydrogens is 284 g/mol. The van der Waals surface area contributed by atoms with Gasteiger partial charge >= 0.3 is 0 Å². The highest BCUT2D eigenvalue weighted by molar-refractivity contribution is 5.27. The van der Waals surface area contributed by atoms with Crippen LogP contribution < -0.4 is 0 Å². The molecule has 0 heterocycles. The molecule has 3 saturated carbocycles. The Bertz CT molecular complexity index is 536. The third kappa shape index (κ3) is 2.00. The van der Waals surface area contributed by atoms with Gasteiger partial charge in [-0.1, -0.05) is 32.4 Å². The predicted octanol–water partition coefficient (Wildman–Crippen LogP) is 4.31. The molecule has 0 aromatic rings. The van der Waals surface area contributed by atoms with E-state index in [4.69, 9.17) is 0 Å². The van der Waals surface area contributed by atoms with Gasteiger partial charge in [-0.25, -0.2) is 0 Å². The molecule has 0 spiro atoms. The normalized spacial score (nSPS) is 58.9. The van der Waals surface area contributed by atoms with E-state index in [-0.39, 0.29) is 11.5 Å². The Balaban J connectivity index is 1.74. The van der Waals surface area contributed by atoms with Crippen LogP contribution in [0, 0.1) is 34.5 Å². The molecule has 0 aromatic heterocycles. The summed E-state index contributed by atoms with van der Waals surface area (Å²) >= 11 is 0. The van der Waals surface area contributed by atoms with Gasteiger partial charge in [-0.3, -0.25) is 0 Å².